The number of rotatable bonds is 2. The van der Waals surface area contributed by atoms with Crippen molar-refractivity contribution in [3.63, 3.8) is 0 Å². The quantitative estimate of drug-likeness (QED) is 0.472. The summed E-state index contributed by atoms with van der Waals surface area (Å²) in [4.78, 5) is 13.8. The molecule has 0 unspecified atom stereocenters. The standard InChI is InChI=1S/C8H7N2O/c9-10-6-8(11)7-4-2-1-3-5-7/h1-5H,6H2/q+1. The molecule has 54 valence electrons. The lowest BCUT2D eigenvalue weighted by molar-refractivity contribution is 0.101. The molecule has 0 saturated heterocycles. The van der Waals surface area contributed by atoms with Gasteiger partial charge in [-0.1, -0.05) is 30.3 Å². The number of carbonyl (C=O) groups is 1. The first-order valence-corrected chi connectivity index (χ1v) is 3.23. The summed E-state index contributed by atoms with van der Waals surface area (Å²) in [6, 6.07) is 8.74. The Morgan fingerprint density at radius 1 is 1.36 bits per heavy atom. The SMILES string of the molecule is N#[N+]CC(=O)c1ccccc1. The maximum Gasteiger partial charge on any atom is 0.367 e. The van der Waals surface area contributed by atoms with E-state index in [1.165, 1.54) is 0 Å². The van der Waals surface area contributed by atoms with E-state index in [0.717, 1.165) is 0 Å². The summed E-state index contributed by atoms with van der Waals surface area (Å²) in [5.74, 6) is -0.173. The van der Waals surface area contributed by atoms with Gasteiger partial charge in [0.25, 0.3) is 0 Å². The Bertz CT molecular complexity index is 287. The maximum atomic E-state index is 11.0. The van der Waals surface area contributed by atoms with Crippen LogP contribution in [-0.4, -0.2) is 12.3 Å². The molecule has 1 rings (SSSR count). The number of nitrogens with zero attached hydrogens (tertiary/aromatic N) is 2. The molecule has 0 amide bonds. The Morgan fingerprint density at radius 2 is 2.00 bits per heavy atom. The summed E-state index contributed by atoms with van der Waals surface area (Å²) in [7, 11) is 0. The van der Waals surface area contributed by atoms with E-state index in [4.69, 9.17) is 5.39 Å². The summed E-state index contributed by atoms with van der Waals surface area (Å²) in [5, 5.41) is 8.10. The molecule has 0 aliphatic heterocycles. The van der Waals surface area contributed by atoms with Crippen molar-refractivity contribution in [2.45, 2.75) is 0 Å². The summed E-state index contributed by atoms with van der Waals surface area (Å²) < 4.78 is 0. The van der Waals surface area contributed by atoms with Crippen LogP contribution in [0.3, 0.4) is 0 Å². The van der Waals surface area contributed by atoms with Crippen LogP contribution < -0.4 is 0 Å². The fraction of sp³-hybridized carbons (Fsp3) is 0.125. The molecule has 0 radical (unpaired) electrons. The summed E-state index contributed by atoms with van der Waals surface area (Å²) in [6.07, 6.45) is 0. The van der Waals surface area contributed by atoms with Gasteiger partial charge in [0.1, 0.15) is 4.98 Å². The van der Waals surface area contributed by atoms with E-state index in [9.17, 15) is 4.79 Å². The number of hydrogen-bond acceptors (Lipinski definition) is 2. The van der Waals surface area contributed by atoms with Gasteiger partial charge in [0.2, 0.25) is 11.2 Å². The predicted octanol–water partition coefficient (Wildman–Crippen LogP) is 1.72. The lowest BCUT2D eigenvalue weighted by Gasteiger charge is -1.88. The molecular formula is C8H7N2O+. The zero-order valence-electron chi connectivity index (χ0n) is 5.90. The van der Waals surface area contributed by atoms with Crippen LogP contribution in [-0.2, 0) is 0 Å². The number of carbonyl (C=O) groups excluding carboxylic acids is 1. The minimum atomic E-state index is -0.173. The molecule has 0 saturated carbocycles. The van der Waals surface area contributed by atoms with Crippen molar-refractivity contribution in [2.24, 2.45) is 0 Å². The molecule has 0 aliphatic rings. The van der Waals surface area contributed by atoms with Crippen LogP contribution in [0.15, 0.2) is 30.3 Å². The van der Waals surface area contributed by atoms with Gasteiger partial charge in [-0.2, -0.15) is 0 Å². The monoisotopic (exact) mass is 147 g/mol. The van der Waals surface area contributed by atoms with Gasteiger partial charge in [0.05, 0.1) is 0 Å². The minimum Gasteiger partial charge on any atom is -0.285 e. The van der Waals surface area contributed by atoms with Crippen molar-refractivity contribution in [1.29, 1.82) is 5.39 Å². The van der Waals surface area contributed by atoms with E-state index in [1.54, 1.807) is 24.3 Å². The van der Waals surface area contributed by atoms with Crippen molar-refractivity contribution in [3.05, 3.63) is 40.9 Å². The first-order chi connectivity index (χ1) is 5.34. The molecule has 0 atom stereocenters. The first kappa shape index (κ1) is 7.42. The molecule has 11 heavy (non-hydrogen) atoms. The second kappa shape index (κ2) is 3.47. The Morgan fingerprint density at radius 3 is 2.55 bits per heavy atom. The van der Waals surface area contributed by atoms with E-state index in [-0.39, 0.29) is 12.3 Å². The van der Waals surface area contributed by atoms with Gasteiger partial charge in [0.15, 0.2) is 0 Å². The molecule has 3 heteroatoms. The zero-order valence-corrected chi connectivity index (χ0v) is 5.90. The molecule has 0 heterocycles. The van der Waals surface area contributed by atoms with Crippen molar-refractivity contribution in [3.8, 4) is 0 Å². The second-order valence-corrected chi connectivity index (χ2v) is 2.09. The predicted molar refractivity (Wildman–Crippen MR) is 40.7 cm³/mol. The Kier molecular flexibility index (Phi) is 2.34. The molecular weight excluding hydrogens is 140 g/mol. The van der Waals surface area contributed by atoms with Crippen molar-refractivity contribution < 1.29 is 4.79 Å². The molecule has 3 nitrogen and oxygen atoms in total. The lowest BCUT2D eigenvalue weighted by Crippen LogP contribution is -2.00. The highest BCUT2D eigenvalue weighted by atomic mass is 16.1. The fourth-order valence-corrected chi connectivity index (χ4v) is 0.780. The molecule has 0 bridgehead atoms. The van der Waals surface area contributed by atoms with Gasteiger partial charge in [0, 0.05) is 5.56 Å². The minimum absolute atomic E-state index is 0.163. The Labute approximate surface area is 64.3 Å². The molecule has 0 spiro atoms. The molecule has 0 aromatic heterocycles. The first-order valence-electron chi connectivity index (χ1n) is 3.23. The van der Waals surface area contributed by atoms with Crippen molar-refractivity contribution in [2.75, 3.05) is 6.54 Å². The Hall–Kier alpha value is -1.69. The summed E-state index contributed by atoms with van der Waals surface area (Å²) in [6.45, 7) is -0.163. The van der Waals surface area contributed by atoms with Crippen LogP contribution >= 0.6 is 0 Å². The number of ketones is 1. The molecule has 0 fully saturated rings. The third kappa shape index (κ3) is 1.87. The van der Waals surface area contributed by atoms with Crippen LogP contribution in [0, 0.1) is 5.39 Å². The van der Waals surface area contributed by atoms with Crippen molar-refractivity contribution >= 4 is 5.78 Å². The topological polar surface area (TPSA) is 45.2 Å². The number of diazo groups is 1. The normalized spacial score (nSPS) is 8.64. The van der Waals surface area contributed by atoms with E-state index in [0.29, 0.717) is 5.56 Å². The average molecular weight is 147 g/mol. The molecule has 0 aliphatic carbocycles. The number of Topliss-reactive ketones (excluding diaryl/α,β-unsaturated/α-hetero) is 1. The maximum absolute atomic E-state index is 11.0. The molecule has 0 N–H and O–H groups in total. The molecule has 1 aromatic carbocycles. The third-order valence-electron chi connectivity index (χ3n) is 1.31. The van der Waals surface area contributed by atoms with Crippen LogP contribution in [0.4, 0.5) is 0 Å². The Balaban J connectivity index is 2.79. The largest absolute Gasteiger partial charge is 0.367 e. The highest BCUT2D eigenvalue weighted by Gasteiger charge is 2.10. The van der Waals surface area contributed by atoms with E-state index in [2.05, 4.69) is 4.98 Å². The van der Waals surface area contributed by atoms with Crippen LogP contribution in [0.1, 0.15) is 10.4 Å². The lowest BCUT2D eigenvalue weighted by atomic mass is 10.1. The number of hydrogen-bond donors (Lipinski definition) is 0. The fourth-order valence-electron chi connectivity index (χ4n) is 0.780. The number of benzene rings is 1. The van der Waals surface area contributed by atoms with E-state index in [1.807, 2.05) is 6.07 Å². The third-order valence-corrected chi connectivity index (χ3v) is 1.31. The highest BCUT2D eigenvalue weighted by molar-refractivity contribution is 5.98. The van der Waals surface area contributed by atoms with Crippen molar-refractivity contribution in [1.82, 2.24) is 0 Å². The summed E-state index contributed by atoms with van der Waals surface area (Å²) >= 11 is 0. The van der Waals surface area contributed by atoms with Crippen LogP contribution in [0.5, 0.6) is 0 Å². The van der Waals surface area contributed by atoms with Crippen LogP contribution in [0.2, 0.25) is 0 Å². The van der Waals surface area contributed by atoms with Gasteiger partial charge in [-0.15, -0.1) is 0 Å². The van der Waals surface area contributed by atoms with Gasteiger partial charge >= 0.3 is 6.54 Å². The molecule has 1 aromatic rings. The smallest absolute Gasteiger partial charge is 0.285 e. The van der Waals surface area contributed by atoms with Gasteiger partial charge in [-0.25, -0.2) is 0 Å². The van der Waals surface area contributed by atoms with E-state index < -0.39 is 0 Å². The highest BCUT2D eigenvalue weighted by Crippen LogP contribution is 1.99. The zero-order chi connectivity index (χ0) is 8.10. The summed E-state index contributed by atoms with van der Waals surface area (Å²) in [5.41, 5.74) is 0.574. The average Bonchev–Trinajstić information content (AvgIpc) is 2.07. The van der Waals surface area contributed by atoms with Crippen LogP contribution in [0.25, 0.3) is 4.98 Å². The second-order valence-electron chi connectivity index (χ2n) is 2.09. The van der Waals surface area contributed by atoms with E-state index >= 15 is 0 Å². The van der Waals surface area contributed by atoms with Gasteiger partial charge in [-0.3, -0.25) is 4.79 Å². The van der Waals surface area contributed by atoms with Gasteiger partial charge < -0.3 is 0 Å². The van der Waals surface area contributed by atoms with Gasteiger partial charge in [-0.05, 0) is 0 Å².